The minimum absolute atomic E-state index is 0.0788. The number of nitrogens with one attached hydrogen (secondary N) is 1. The van der Waals surface area contributed by atoms with E-state index in [2.05, 4.69) is 15.4 Å². The number of fused-ring (bicyclic) bond motifs is 3. The first-order chi connectivity index (χ1) is 15.9. The van der Waals surface area contributed by atoms with E-state index < -0.39 is 5.82 Å². The number of hydrogen-bond donors (Lipinski definition) is 1. The van der Waals surface area contributed by atoms with Crippen molar-refractivity contribution < 1.29 is 18.7 Å². The number of aryl methyl sites for hydroxylation is 2. The normalized spacial score (nSPS) is 20.0. The molecule has 4 heterocycles. The Kier molecular flexibility index (Phi) is 5.72. The van der Waals surface area contributed by atoms with Gasteiger partial charge < -0.3 is 19.7 Å². The maximum atomic E-state index is 14.0. The standard InChI is InChI=1S/C23H25ClFN5O3/c1-12-21(24)13(2)30-22(27-12)18-9-29(10-19(18)28-30)23(31)17-5-4-14(25)6-20(17)33-11-15-7-16(32-3)8-26-15/h4-6,15-16,26H,7-11H2,1-3H3/t15-,16+/m1/s1. The zero-order valence-electron chi connectivity index (χ0n) is 18.7. The number of halogens is 2. The third kappa shape index (κ3) is 3.94. The van der Waals surface area contributed by atoms with E-state index in [1.165, 1.54) is 18.2 Å². The van der Waals surface area contributed by atoms with E-state index in [9.17, 15) is 9.18 Å². The minimum Gasteiger partial charge on any atom is -0.491 e. The van der Waals surface area contributed by atoms with Gasteiger partial charge in [0.15, 0.2) is 5.65 Å². The van der Waals surface area contributed by atoms with Gasteiger partial charge in [0.05, 0.1) is 46.9 Å². The fourth-order valence-corrected chi connectivity index (χ4v) is 4.62. The average molecular weight is 474 g/mol. The SMILES string of the molecule is CO[C@@H]1CN[C@@H](COc2cc(F)ccc2C(=O)N2Cc3nn4c(C)c(Cl)c(C)nc4c3C2)C1. The molecule has 2 aliphatic heterocycles. The fourth-order valence-electron chi connectivity index (χ4n) is 4.50. The molecule has 0 bridgehead atoms. The molecule has 0 unspecified atom stereocenters. The molecule has 0 saturated carbocycles. The molecule has 33 heavy (non-hydrogen) atoms. The second-order valence-electron chi connectivity index (χ2n) is 8.57. The Labute approximate surface area is 195 Å². The Morgan fingerprint density at radius 1 is 1.33 bits per heavy atom. The number of carbonyl (C=O) groups excluding carboxylic acids is 1. The Morgan fingerprint density at radius 3 is 2.91 bits per heavy atom. The van der Waals surface area contributed by atoms with Crippen molar-refractivity contribution in [2.75, 3.05) is 20.3 Å². The maximum absolute atomic E-state index is 14.0. The van der Waals surface area contributed by atoms with Crippen LogP contribution in [0.5, 0.6) is 5.75 Å². The lowest BCUT2D eigenvalue weighted by molar-refractivity contribution is 0.0744. The first kappa shape index (κ1) is 22.1. The average Bonchev–Trinajstić information content (AvgIpc) is 3.51. The van der Waals surface area contributed by atoms with Crippen LogP contribution in [0.4, 0.5) is 4.39 Å². The molecule has 0 spiro atoms. The highest BCUT2D eigenvalue weighted by molar-refractivity contribution is 6.31. The molecule has 10 heteroatoms. The first-order valence-corrected chi connectivity index (χ1v) is 11.2. The van der Waals surface area contributed by atoms with Crippen LogP contribution in [-0.2, 0) is 17.8 Å². The lowest BCUT2D eigenvalue weighted by Crippen LogP contribution is -2.30. The molecule has 3 aromatic rings. The summed E-state index contributed by atoms with van der Waals surface area (Å²) in [4.78, 5) is 19.6. The summed E-state index contributed by atoms with van der Waals surface area (Å²) in [5.41, 5.74) is 4.25. The van der Waals surface area contributed by atoms with Crippen molar-refractivity contribution in [2.45, 2.75) is 45.5 Å². The van der Waals surface area contributed by atoms with Crippen LogP contribution in [-0.4, -0.2) is 57.8 Å². The number of nitrogens with zero attached hydrogens (tertiary/aromatic N) is 4. The summed E-state index contributed by atoms with van der Waals surface area (Å²) >= 11 is 6.32. The van der Waals surface area contributed by atoms with Crippen LogP contribution in [0.15, 0.2) is 18.2 Å². The molecule has 1 saturated heterocycles. The lowest BCUT2D eigenvalue weighted by Gasteiger charge is -2.19. The van der Waals surface area contributed by atoms with Crippen molar-refractivity contribution >= 4 is 23.2 Å². The van der Waals surface area contributed by atoms with Crippen LogP contribution in [0.1, 0.15) is 39.4 Å². The van der Waals surface area contributed by atoms with E-state index in [0.717, 1.165) is 35.6 Å². The Balaban J connectivity index is 1.36. The smallest absolute Gasteiger partial charge is 0.258 e. The van der Waals surface area contributed by atoms with Crippen LogP contribution in [0.3, 0.4) is 0 Å². The van der Waals surface area contributed by atoms with Gasteiger partial charge in [-0.1, -0.05) is 11.6 Å². The van der Waals surface area contributed by atoms with Crippen molar-refractivity contribution in [3.8, 4) is 5.75 Å². The topological polar surface area (TPSA) is 81.0 Å². The largest absolute Gasteiger partial charge is 0.491 e. The molecular weight excluding hydrogens is 449 g/mol. The monoisotopic (exact) mass is 473 g/mol. The number of aromatic nitrogens is 3. The van der Waals surface area contributed by atoms with Crippen LogP contribution < -0.4 is 10.1 Å². The quantitative estimate of drug-likeness (QED) is 0.613. The molecule has 2 atom stereocenters. The minimum atomic E-state index is -0.454. The number of benzene rings is 1. The summed E-state index contributed by atoms with van der Waals surface area (Å²) in [6, 6.07) is 4.09. The molecule has 1 amide bonds. The number of rotatable bonds is 5. The van der Waals surface area contributed by atoms with E-state index in [1.54, 1.807) is 16.5 Å². The first-order valence-electron chi connectivity index (χ1n) is 10.9. The summed E-state index contributed by atoms with van der Waals surface area (Å²) in [5, 5.41) is 8.53. The zero-order valence-corrected chi connectivity index (χ0v) is 19.4. The van der Waals surface area contributed by atoms with Gasteiger partial charge in [-0.25, -0.2) is 13.9 Å². The van der Waals surface area contributed by atoms with E-state index in [-0.39, 0.29) is 23.8 Å². The molecule has 2 aromatic heterocycles. The Morgan fingerprint density at radius 2 is 2.15 bits per heavy atom. The third-order valence-corrected chi connectivity index (χ3v) is 6.92. The zero-order chi connectivity index (χ0) is 23.3. The predicted octanol–water partition coefficient (Wildman–Crippen LogP) is 3.05. The molecule has 1 fully saturated rings. The van der Waals surface area contributed by atoms with Crippen LogP contribution in [0.25, 0.3) is 5.65 Å². The van der Waals surface area contributed by atoms with E-state index in [4.69, 9.17) is 21.1 Å². The van der Waals surface area contributed by atoms with Gasteiger partial charge in [0.2, 0.25) is 0 Å². The molecule has 174 valence electrons. The van der Waals surface area contributed by atoms with Gasteiger partial charge in [0, 0.05) is 31.3 Å². The van der Waals surface area contributed by atoms with Crippen LogP contribution >= 0.6 is 11.6 Å². The van der Waals surface area contributed by atoms with Gasteiger partial charge in [-0.3, -0.25) is 4.79 Å². The molecule has 2 aliphatic rings. The number of ether oxygens (including phenoxy) is 2. The number of amides is 1. The summed E-state index contributed by atoms with van der Waals surface area (Å²) in [6.07, 6.45) is 0.928. The lowest BCUT2D eigenvalue weighted by atomic mass is 10.1. The molecule has 8 nitrogen and oxygen atoms in total. The van der Waals surface area contributed by atoms with Crippen molar-refractivity contribution in [1.29, 1.82) is 0 Å². The second kappa shape index (κ2) is 8.55. The molecule has 5 rings (SSSR count). The predicted molar refractivity (Wildman–Crippen MR) is 120 cm³/mol. The summed E-state index contributed by atoms with van der Waals surface area (Å²) in [5.74, 6) is -0.458. The van der Waals surface area contributed by atoms with Gasteiger partial charge in [0.25, 0.3) is 5.91 Å². The summed E-state index contributed by atoms with van der Waals surface area (Å²) in [6.45, 7) is 5.51. The highest BCUT2D eigenvalue weighted by Crippen LogP contribution is 2.31. The number of carbonyl (C=O) groups is 1. The van der Waals surface area contributed by atoms with Crippen LogP contribution in [0.2, 0.25) is 5.02 Å². The summed E-state index contributed by atoms with van der Waals surface area (Å²) in [7, 11) is 1.68. The van der Waals surface area contributed by atoms with Crippen LogP contribution in [0, 0.1) is 19.7 Å². The van der Waals surface area contributed by atoms with Gasteiger partial charge in [-0.15, -0.1) is 0 Å². The van der Waals surface area contributed by atoms with Crippen molar-refractivity contribution in [3.05, 3.63) is 57.2 Å². The maximum Gasteiger partial charge on any atom is 0.258 e. The van der Waals surface area contributed by atoms with Gasteiger partial charge in [0.1, 0.15) is 18.2 Å². The Hall–Kier alpha value is -2.75. The van der Waals surface area contributed by atoms with E-state index >= 15 is 0 Å². The molecule has 0 radical (unpaired) electrons. The third-order valence-electron chi connectivity index (χ3n) is 6.37. The highest BCUT2D eigenvalue weighted by atomic mass is 35.5. The van der Waals surface area contributed by atoms with E-state index in [1.807, 2.05) is 13.8 Å². The fraction of sp³-hybridized carbons (Fsp3) is 0.435. The van der Waals surface area contributed by atoms with Crippen molar-refractivity contribution in [1.82, 2.24) is 24.8 Å². The molecule has 1 N–H and O–H groups in total. The summed E-state index contributed by atoms with van der Waals surface area (Å²) < 4.78 is 27.0. The van der Waals surface area contributed by atoms with E-state index in [0.29, 0.717) is 35.9 Å². The Bertz CT molecular complexity index is 1250. The molecule has 1 aromatic carbocycles. The van der Waals surface area contributed by atoms with Crippen molar-refractivity contribution in [3.63, 3.8) is 0 Å². The second-order valence-corrected chi connectivity index (χ2v) is 8.95. The van der Waals surface area contributed by atoms with Gasteiger partial charge in [-0.05, 0) is 32.4 Å². The van der Waals surface area contributed by atoms with Gasteiger partial charge >= 0.3 is 0 Å². The van der Waals surface area contributed by atoms with Crippen molar-refractivity contribution in [2.24, 2.45) is 0 Å². The molecule has 0 aliphatic carbocycles. The highest BCUT2D eigenvalue weighted by Gasteiger charge is 2.32. The molecular formula is C23H25ClFN5O3. The number of methoxy groups -OCH3 is 1. The number of hydrogen-bond acceptors (Lipinski definition) is 6. The van der Waals surface area contributed by atoms with Gasteiger partial charge in [-0.2, -0.15) is 5.10 Å².